The van der Waals surface area contributed by atoms with Crippen LogP contribution in [0.3, 0.4) is 0 Å². The largest absolute Gasteiger partial charge is 0.340 e. The standard InChI is InChI=1S/C12H17N3S/c1-3-6-13-8-12-14-7-10(15-12)11-5-4-9(2)16-11/h4-5,7,13H,3,6,8H2,1-2H3,(H,14,15). The molecule has 2 rings (SSSR count). The maximum absolute atomic E-state index is 4.36. The zero-order chi connectivity index (χ0) is 11.4. The molecule has 2 aromatic heterocycles. The first kappa shape index (κ1) is 11.4. The highest BCUT2D eigenvalue weighted by Gasteiger charge is 2.04. The molecule has 0 aliphatic carbocycles. The van der Waals surface area contributed by atoms with E-state index in [0.717, 1.165) is 31.0 Å². The molecule has 2 aromatic rings. The number of nitrogens with one attached hydrogen (secondary N) is 2. The molecule has 86 valence electrons. The number of imidazole rings is 1. The molecule has 2 heterocycles. The molecule has 0 atom stereocenters. The van der Waals surface area contributed by atoms with E-state index < -0.39 is 0 Å². The van der Waals surface area contributed by atoms with E-state index in [1.165, 1.54) is 9.75 Å². The molecule has 4 heteroatoms. The van der Waals surface area contributed by atoms with E-state index in [4.69, 9.17) is 0 Å². The molecule has 0 radical (unpaired) electrons. The SMILES string of the molecule is CCCNCc1ncc(-c2ccc(C)s2)[nH]1. The van der Waals surface area contributed by atoms with Crippen LogP contribution in [0.5, 0.6) is 0 Å². The second-order valence-electron chi connectivity index (χ2n) is 3.83. The number of thiophene rings is 1. The highest BCUT2D eigenvalue weighted by Crippen LogP contribution is 2.25. The van der Waals surface area contributed by atoms with Crippen LogP contribution < -0.4 is 5.32 Å². The molecule has 0 bridgehead atoms. The Bertz CT molecular complexity index is 445. The topological polar surface area (TPSA) is 40.7 Å². The lowest BCUT2D eigenvalue weighted by molar-refractivity contribution is 0.655. The minimum atomic E-state index is 0.818. The molecular weight excluding hydrogens is 218 g/mol. The van der Waals surface area contributed by atoms with Crippen molar-refractivity contribution in [1.29, 1.82) is 0 Å². The molecule has 0 saturated carbocycles. The van der Waals surface area contributed by atoms with Crippen molar-refractivity contribution in [1.82, 2.24) is 15.3 Å². The smallest absolute Gasteiger partial charge is 0.120 e. The molecule has 3 nitrogen and oxygen atoms in total. The van der Waals surface area contributed by atoms with Gasteiger partial charge in [-0.05, 0) is 32.0 Å². The Morgan fingerprint density at radius 1 is 1.44 bits per heavy atom. The summed E-state index contributed by atoms with van der Waals surface area (Å²) in [5.74, 6) is 1.01. The molecule has 0 aliphatic rings. The summed E-state index contributed by atoms with van der Waals surface area (Å²) in [5, 5.41) is 3.33. The van der Waals surface area contributed by atoms with Crippen molar-refractivity contribution in [2.75, 3.05) is 6.54 Å². The van der Waals surface area contributed by atoms with Gasteiger partial charge in [0.25, 0.3) is 0 Å². The fraction of sp³-hybridized carbons (Fsp3) is 0.417. The lowest BCUT2D eigenvalue weighted by Gasteiger charge is -1.98. The summed E-state index contributed by atoms with van der Waals surface area (Å²) in [4.78, 5) is 10.3. The molecule has 0 amide bonds. The zero-order valence-corrected chi connectivity index (χ0v) is 10.5. The van der Waals surface area contributed by atoms with Gasteiger partial charge < -0.3 is 10.3 Å². The van der Waals surface area contributed by atoms with E-state index in [1.54, 1.807) is 11.3 Å². The van der Waals surface area contributed by atoms with Gasteiger partial charge in [-0.3, -0.25) is 0 Å². The van der Waals surface area contributed by atoms with Crippen molar-refractivity contribution < 1.29 is 0 Å². The fourth-order valence-corrected chi connectivity index (χ4v) is 2.37. The van der Waals surface area contributed by atoms with Gasteiger partial charge in [0.1, 0.15) is 5.82 Å². The van der Waals surface area contributed by atoms with Crippen molar-refractivity contribution in [2.45, 2.75) is 26.8 Å². The molecular formula is C12H17N3S. The van der Waals surface area contributed by atoms with Gasteiger partial charge in [-0.2, -0.15) is 0 Å². The Morgan fingerprint density at radius 2 is 2.31 bits per heavy atom. The van der Waals surface area contributed by atoms with Crippen LogP contribution in [0.15, 0.2) is 18.3 Å². The number of nitrogens with zero attached hydrogens (tertiary/aromatic N) is 1. The number of hydrogen-bond acceptors (Lipinski definition) is 3. The van der Waals surface area contributed by atoms with Crippen LogP contribution in [0.4, 0.5) is 0 Å². The Balaban J connectivity index is 2.02. The van der Waals surface area contributed by atoms with Crippen LogP contribution >= 0.6 is 11.3 Å². The van der Waals surface area contributed by atoms with Crippen molar-refractivity contribution in [3.05, 3.63) is 29.0 Å². The number of rotatable bonds is 5. The van der Waals surface area contributed by atoms with Crippen molar-refractivity contribution in [3.8, 4) is 10.6 Å². The molecule has 0 aliphatic heterocycles. The average Bonchev–Trinajstić information content (AvgIpc) is 2.87. The van der Waals surface area contributed by atoms with Crippen LogP contribution in [-0.4, -0.2) is 16.5 Å². The van der Waals surface area contributed by atoms with E-state index >= 15 is 0 Å². The number of H-pyrrole nitrogens is 1. The van der Waals surface area contributed by atoms with Crippen molar-refractivity contribution >= 4 is 11.3 Å². The summed E-state index contributed by atoms with van der Waals surface area (Å²) in [7, 11) is 0. The van der Waals surface area contributed by atoms with E-state index in [-0.39, 0.29) is 0 Å². The van der Waals surface area contributed by atoms with Gasteiger partial charge in [0.15, 0.2) is 0 Å². The highest BCUT2D eigenvalue weighted by molar-refractivity contribution is 7.15. The fourth-order valence-electron chi connectivity index (χ4n) is 1.54. The third-order valence-electron chi connectivity index (χ3n) is 2.35. The molecule has 0 aromatic carbocycles. The van der Waals surface area contributed by atoms with Crippen LogP contribution in [0.25, 0.3) is 10.6 Å². The normalized spacial score (nSPS) is 10.9. The van der Waals surface area contributed by atoms with Crippen LogP contribution in [0, 0.1) is 6.92 Å². The van der Waals surface area contributed by atoms with E-state index in [1.807, 2.05) is 6.20 Å². The van der Waals surface area contributed by atoms with Gasteiger partial charge >= 0.3 is 0 Å². The van der Waals surface area contributed by atoms with Gasteiger partial charge in [0, 0.05) is 4.88 Å². The first-order valence-corrected chi connectivity index (χ1v) is 6.42. The predicted molar refractivity (Wildman–Crippen MR) is 68.6 cm³/mol. The van der Waals surface area contributed by atoms with Gasteiger partial charge in [-0.15, -0.1) is 11.3 Å². The monoisotopic (exact) mass is 235 g/mol. The molecule has 2 N–H and O–H groups in total. The lowest BCUT2D eigenvalue weighted by Crippen LogP contribution is -2.14. The number of aromatic nitrogens is 2. The maximum atomic E-state index is 4.36. The van der Waals surface area contributed by atoms with Gasteiger partial charge in [-0.25, -0.2) is 4.98 Å². The van der Waals surface area contributed by atoms with Crippen LogP contribution in [0.1, 0.15) is 24.0 Å². The zero-order valence-electron chi connectivity index (χ0n) is 9.71. The Labute approximate surface area is 99.9 Å². The molecule has 0 unspecified atom stereocenters. The number of hydrogen-bond donors (Lipinski definition) is 2. The Hall–Kier alpha value is -1.13. The molecule has 0 saturated heterocycles. The summed E-state index contributed by atoms with van der Waals surface area (Å²) < 4.78 is 0. The van der Waals surface area contributed by atoms with Gasteiger partial charge in [0.05, 0.1) is 23.3 Å². The van der Waals surface area contributed by atoms with Crippen LogP contribution in [0.2, 0.25) is 0 Å². The minimum Gasteiger partial charge on any atom is -0.340 e. The Morgan fingerprint density at radius 3 is 3.00 bits per heavy atom. The first-order valence-electron chi connectivity index (χ1n) is 5.61. The number of aromatic amines is 1. The third-order valence-corrected chi connectivity index (χ3v) is 3.39. The third kappa shape index (κ3) is 2.71. The summed E-state index contributed by atoms with van der Waals surface area (Å²) in [6.07, 6.45) is 3.06. The summed E-state index contributed by atoms with van der Waals surface area (Å²) in [6.45, 7) is 6.13. The van der Waals surface area contributed by atoms with E-state index in [0.29, 0.717) is 0 Å². The minimum absolute atomic E-state index is 0.818. The van der Waals surface area contributed by atoms with Crippen molar-refractivity contribution in [3.63, 3.8) is 0 Å². The second-order valence-corrected chi connectivity index (χ2v) is 5.12. The van der Waals surface area contributed by atoms with Gasteiger partial charge in [-0.1, -0.05) is 6.92 Å². The number of aryl methyl sites for hydroxylation is 1. The first-order chi connectivity index (χ1) is 7.79. The van der Waals surface area contributed by atoms with E-state index in [9.17, 15) is 0 Å². The lowest BCUT2D eigenvalue weighted by atomic mass is 10.4. The summed E-state index contributed by atoms with van der Waals surface area (Å²) in [6, 6.07) is 4.27. The maximum Gasteiger partial charge on any atom is 0.120 e. The molecule has 0 spiro atoms. The highest BCUT2D eigenvalue weighted by atomic mass is 32.1. The van der Waals surface area contributed by atoms with Crippen LogP contribution in [-0.2, 0) is 6.54 Å². The molecule has 0 fully saturated rings. The summed E-state index contributed by atoms with van der Waals surface area (Å²) in [5.41, 5.74) is 1.12. The van der Waals surface area contributed by atoms with Gasteiger partial charge in [0.2, 0.25) is 0 Å². The second kappa shape index (κ2) is 5.27. The van der Waals surface area contributed by atoms with Crippen molar-refractivity contribution in [2.24, 2.45) is 0 Å². The average molecular weight is 235 g/mol. The quantitative estimate of drug-likeness (QED) is 0.782. The summed E-state index contributed by atoms with van der Waals surface area (Å²) >= 11 is 1.79. The molecule has 16 heavy (non-hydrogen) atoms. The predicted octanol–water partition coefficient (Wildman–Crippen LogP) is 2.95. The Kier molecular flexibility index (Phi) is 3.74. The van der Waals surface area contributed by atoms with E-state index in [2.05, 4.69) is 41.3 Å².